The van der Waals surface area contributed by atoms with Crippen LogP contribution in [0, 0.1) is 11.8 Å². The zero-order valence-electron chi connectivity index (χ0n) is 19.3. The molecule has 0 saturated carbocycles. The molecule has 2 bridgehead atoms. The lowest BCUT2D eigenvalue weighted by atomic mass is 9.77. The number of hydrogen-bond donors (Lipinski definition) is 3. The number of ether oxygens (including phenoxy) is 1. The molecular formula is C27H26N4O4. The van der Waals surface area contributed by atoms with Gasteiger partial charge in [-0.25, -0.2) is 0 Å². The molecule has 3 aliphatic rings. The number of fused-ring (bicyclic) bond motifs is 2. The van der Waals surface area contributed by atoms with Gasteiger partial charge in [0, 0.05) is 41.9 Å². The molecular weight excluding hydrogens is 444 g/mol. The smallest absolute Gasteiger partial charge is 0.234 e. The topological polar surface area (TPSA) is 104 Å². The lowest BCUT2D eigenvalue weighted by molar-refractivity contribution is -0.131. The fraction of sp³-hybridized carbons (Fsp3) is 0.296. The molecule has 8 nitrogen and oxygen atoms in total. The van der Waals surface area contributed by atoms with E-state index in [1.165, 1.54) is 6.92 Å². The molecule has 3 amide bonds. The van der Waals surface area contributed by atoms with Crippen molar-refractivity contribution in [3.8, 4) is 0 Å². The number of hydrogen-bond acceptors (Lipinski definition) is 4. The number of nitrogens with zero attached hydrogens (tertiary/aromatic N) is 1. The quantitative estimate of drug-likeness (QED) is 0.482. The van der Waals surface area contributed by atoms with E-state index in [1.807, 2.05) is 36.5 Å². The number of carbonyl (C=O) groups excluding carboxylic acids is 3. The highest BCUT2D eigenvalue weighted by atomic mass is 16.5. The first-order valence-corrected chi connectivity index (χ1v) is 11.8. The number of carbonyl (C=O) groups is 3. The van der Waals surface area contributed by atoms with Crippen molar-refractivity contribution in [3.05, 3.63) is 72.4 Å². The van der Waals surface area contributed by atoms with Gasteiger partial charge in [0.2, 0.25) is 17.7 Å². The first-order valence-electron chi connectivity index (χ1n) is 11.8. The third kappa shape index (κ3) is 3.52. The summed E-state index contributed by atoms with van der Waals surface area (Å²) in [4.78, 5) is 43.0. The summed E-state index contributed by atoms with van der Waals surface area (Å²) in [5, 5.41) is 6.92. The highest BCUT2D eigenvalue weighted by molar-refractivity contribution is 6.03. The van der Waals surface area contributed by atoms with E-state index in [1.54, 1.807) is 29.2 Å². The summed E-state index contributed by atoms with van der Waals surface area (Å²) < 4.78 is 6.23. The van der Waals surface area contributed by atoms with Gasteiger partial charge in [-0.05, 0) is 42.3 Å². The van der Waals surface area contributed by atoms with Crippen molar-refractivity contribution < 1.29 is 19.1 Å². The van der Waals surface area contributed by atoms with Gasteiger partial charge in [0.1, 0.15) is 5.60 Å². The van der Waals surface area contributed by atoms with Crippen LogP contribution in [0.1, 0.15) is 12.5 Å². The molecule has 4 atom stereocenters. The summed E-state index contributed by atoms with van der Waals surface area (Å²) in [6.45, 7) is 2.29. The summed E-state index contributed by atoms with van der Waals surface area (Å²) in [6, 6.07) is 15.2. The molecule has 178 valence electrons. The Labute approximate surface area is 202 Å². The number of anilines is 2. The Morgan fingerprint density at radius 2 is 1.97 bits per heavy atom. The second-order valence-corrected chi connectivity index (χ2v) is 9.45. The number of rotatable bonds is 6. The molecule has 4 heterocycles. The summed E-state index contributed by atoms with van der Waals surface area (Å²) >= 11 is 0. The molecule has 2 aromatic carbocycles. The van der Waals surface area contributed by atoms with Gasteiger partial charge in [-0.2, -0.15) is 0 Å². The van der Waals surface area contributed by atoms with Crippen LogP contribution in [0.3, 0.4) is 0 Å². The van der Waals surface area contributed by atoms with E-state index in [-0.39, 0.29) is 23.8 Å². The predicted molar refractivity (Wildman–Crippen MR) is 132 cm³/mol. The SMILES string of the molecule is CC(=O)Nc1ccc(N2C[C@@]34C=C[C@H](O3)C(C(=O)NCCc3c[nH]c5ccccc35)[C@H]4C2=O)cc1. The standard InChI is InChI=1S/C27H26N4O4/c1-16(32)30-18-6-8-19(9-7-18)31-15-27-12-10-22(35-27)23(24(27)26(31)34)25(33)28-13-11-17-14-29-21-5-3-2-4-20(17)21/h2-10,12,14,22-24,29H,11,13,15H2,1H3,(H,28,33)(H,30,32)/t22-,23?,24-,27+/m0/s1. The van der Waals surface area contributed by atoms with Gasteiger partial charge >= 0.3 is 0 Å². The molecule has 0 aliphatic carbocycles. The van der Waals surface area contributed by atoms with Crippen LogP contribution in [-0.2, 0) is 25.5 Å². The van der Waals surface area contributed by atoms with E-state index in [0.29, 0.717) is 30.9 Å². The van der Waals surface area contributed by atoms with Crippen molar-refractivity contribution in [2.75, 3.05) is 23.3 Å². The normalized spacial score (nSPS) is 26.4. The van der Waals surface area contributed by atoms with Gasteiger partial charge in [0.05, 0.1) is 24.5 Å². The van der Waals surface area contributed by atoms with Crippen LogP contribution < -0.4 is 15.5 Å². The zero-order valence-corrected chi connectivity index (χ0v) is 19.3. The van der Waals surface area contributed by atoms with Crippen molar-refractivity contribution in [1.29, 1.82) is 0 Å². The molecule has 1 spiro atoms. The van der Waals surface area contributed by atoms with Crippen molar-refractivity contribution >= 4 is 40.0 Å². The molecule has 35 heavy (non-hydrogen) atoms. The Hall–Kier alpha value is -3.91. The number of H-pyrrole nitrogens is 1. The van der Waals surface area contributed by atoms with Gasteiger partial charge in [-0.1, -0.05) is 30.4 Å². The lowest BCUT2D eigenvalue weighted by Crippen LogP contribution is -2.44. The number of aromatic amines is 1. The molecule has 0 radical (unpaired) electrons. The van der Waals surface area contributed by atoms with Crippen LogP contribution in [0.25, 0.3) is 10.9 Å². The maximum Gasteiger partial charge on any atom is 0.234 e. The van der Waals surface area contributed by atoms with Gasteiger partial charge in [-0.15, -0.1) is 0 Å². The third-order valence-corrected chi connectivity index (χ3v) is 7.27. The maximum absolute atomic E-state index is 13.5. The average Bonchev–Trinajstić information content (AvgIpc) is 3.59. The average molecular weight is 471 g/mol. The van der Waals surface area contributed by atoms with Gasteiger partial charge < -0.3 is 25.3 Å². The Balaban J connectivity index is 1.16. The number of nitrogens with one attached hydrogen (secondary N) is 3. The van der Waals surface area contributed by atoms with Crippen molar-refractivity contribution in [3.63, 3.8) is 0 Å². The van der Waals surface area contributed by atoms with Crippen LogP contribution in [0.2, 0.25) is 0 Å². The molecule has 8 heteroatoms. The second-order valence-electron chi connectivity index (χ2n) is 9.45. The fourth-order valence-electron chi connectivity index (χ4n) is 5.72. The van der Waals surface area contributed by atoms with Crippen LogP contribution in [-0.4, -0.2) is 47.5 Å². The van der Waals surface area contributed by atoms with Gasteiger partial charge in [0.25, 0.3) is 0 Å². The van der Waals surface area contributed by atoms with Crippen molar-refractivity contribution in [2.45, 2.75) is 25.0 Å². The van der Waals surface area contributed by atoms with E-state index in [2.05, 4.69) is 21.7 Å². The molecule has 2 saturated heterocycles. The van der Waals surface area contributed by atoms with E-state index in [4.69, 9.17) is 4.74 Å². The first-order chi connectivity index (χ1) is 16.9. The van der Waals surface area contributed by atoms with Crippen LogP contribution in [0.5, 0.6) is 0 Å². The number of para-hydroxylation sites is 1. The Morgan fingerprint density at radius 3 is 2.77 bits per heavy atom. The minimum atomic E-state index is -0.781. The van der Waals surface area contributed by atoms with Crippen LogP contribution in [0.15, 0.2) is 66.9 Å². The van der Waals surface area contributed by atoms with E-state index >= 15 is 0 Å². The molecule has 1 unspecified atom stereocenters. The largest absolute Gasteiger partial charge is 0.361 e. The second kappa shape index (κ2) is 8.09. The Kier molecular flexibility index (Phi) is 5.00. The maximum atomic E-state index is 13.5. The highest BCUT2D eigenvalue weighted by Gasteiger charge is 2.67. The van der Waals surface area contributed by atoms with Crippen molar-refractivity contribution in [1.82, 2.24) is 10.3 Å². The van der Waals surface area contributed by atoms with Crippen LogP contribution >= 0.6 is 0 Å². The van der Waals surface area contributed by atoms with E-state index in [9.17, 15) is 14.4 Å². The van der Waals surface area contributed by atoms with Crippen LogP contribution in [0.4, 0.5) is 11.4 Å². The molecule has 2 fully saturated rings. The first kappa shape index (κ1) is 21.6. The molecule has 3 aliphatic heterocycles. The lowest BCUT2D eigenvalue weighted by Gasteiger charge is -2.23. The third-order valence-electron chi connectivity index (χ3n) is 7.27. The number of amides is 3. The minimum absolute atomic E-state index is 0.110. The van der Waals surface area contributed by atoms with Gasteiger partial charge in [-0.3, -0.25) is 14.4 Å². The van der Waals surface area contributed by atoms with Crippen molar-refractivity contribution in [2.24, 2.45) is 11.8 Å². The van der Waals surface area contributed by atoms with E-state index < -0.39 is 17.4 Å². The highest BCUT2D eigenvalue weighted by Crippen LogP contribution is 2.52. The molecule has 6 rings (SSSR count). The molecule has 1 aromatic heterocycles. The summed E-state index contributed by atoms with van der Waals surface area (Å²) in [5.41, 5.74) is 2.82. The summed E-state index contributed by atoms with van der Waals surface area (Å²) in [7, 11) is 0. The predicted octanol–water partition coefficient (Wildman–Crippen LogP) is 2.77. The monoisotopic (exact) mass is 470 g/mol. The summed E-state index contributed by atoms with van der Waals surface area (Å²) in [5.74, 6) is -1.53. The Bertz CT molecular complexity index is 1360. The summed E-state index contributed by atoms with van der Waals surface area (Å²) in [6.07, 6.45) is 6.14. The Morgan fingerprint density at radius 1 is 1.17 bits per heavy atom. The minimum Gasteiger partial charge on any atom is -0.361 e. The van der Waals surface area contributed by atoms with E-state index in [0.717, 1.165) is 16.5 Å². The van der Waals surface area contributed by atoms with Gasteiger partial charge in [0.15, 0.2) is 0 Å². The molecule has 3 aromatic rings. The number of benzene rings is 2. The zero-order chi connectivity index (χ0) is 24.2. The number of aromatic nitrogens is 1. The molecule has 3 N–H and O–H groups in total. The fourth-order valence-corrected chi connectivity index (χ4v) is 5.72.